The topological polar surface area (TPSA) is 9.23 Å². The largest absolute Gasteiger partial charge is 0.522 e. The molecule has 0 fully saturated rings. The van der Waals surface area contributed by atoms with Gasteiger partial charge < -0.3 is 0 Å². The minimum Gasteiger partial charge on any atom is -0.287 e. The van der Waals surface area contributed by atoms with Crippen LogP contribution in [-0.4, -0.2) is 6.36 Å². The molecule has 0 spiro atoms. The fourth-order valence-electron chi connectivity index (χ4n) is 0.775. The van der Waals surface area contributed by atoms with E-state index in [2.05, 4.69) is 20.7 Å². The van der Waals surface area contributed by atoms with Crippen LogP contribution < -0.4 is 0 Å². The summed E-state index contributed by atoms with van der Waals surface area (Å²) in [5.41, 5.74) is 0.472. The molecule has 1 aromatic carbocycles. The molecule has 0 aliphatic carbocycles. The van der Waals surface area contributed by atoms with Crippen molar-refractivity contribution in [3.63, 3.8) is 0 Å². The highest BCUT2D eigenvalue weighted by Gasteiger charge is 2.29. The lowest BCUT2D eigenvalue weighted by atomic mass is 10.2. The molecule has 0 atom stereocenters. The van der Waals surface area contributed by atoms with Crippen LogP contribution in [0.15, 0.2) is 28.7 Å². The average Bonchev–Trinajstić information content (AvgIpc) is 2.01. The van der Waals surface area contributed by atoms with Crippen molar-refractivity contribution < 1.29 is 17.9 Å². The van der Waals surface area contributed by atoms with Crippen LogP contribution in [-0.2, 0) is 11.3 Å². The van der Waals surface area contributed by atoms with E-state index in [4.69, 9.17) is 0 Å². The van der Waals surface area contributed by atoms with Gasteiger partial charge in [-0.3, -0.25) is 4.74 Å². The van der Waals surface area contributed by atoms with Gasteiger partial charge in [0, 0.05) is 4.47 Å². The Bertz CT molecular complexity index is 285. The number of rotatable bonds is 2. The maximum atomic E-state index is 11.6. The van der Waals surface area contributed by atoms with Gasteiger partial charge in [-0.1, -0.05) is 34.1 Å². The van der Waals surface area contributed by atoms with Gasteiger partial charge in [-0.2, -0.15) is 0 Å². The number of hydrogen-bond acceptors (Lipinski definition) is 1. The molecule has 1 rings (SSSR count). The van der Waals surface area contributed by atoms with Crippen LogP contribution >= 0.6 is 15.9 Å². The molecule has 0 unspecified atom stereocenters. The number of alkyl halides is 3. The van der Waals surface area contributed by atoms with Gasteiger partial charge in [0.2, 0.25) is 0 Å². The summed E-state index contributed by atoms with van der Waals surface area (Å²) in [5.74, 6) is 0. The van der Waals surface area contributed by atoms with E-state index < -0.39 is 13.0 Å². The maximum absolute atomic E-state index is 11.6. The fourth-order valence-corrected chi connectivity index (χ4v) is 1.17. The van der Waals surface area contributed by atoms with E-state index in [-0.39, 0.29) is 0 Å². The number of benzene rings is 1. The van der Waals surface area contributed by atoms with E-state index in [0.717, 1.165) is 0 Å². The quantitative estimate of drug-likeness (QED) is 0.785. The van der Waals surface area contributed by atoms with Crippen molar-refractivity contribution in [1.29, 1.82) is 0 Å². The SMILES string of the molecule is FC(F)(F)OCc1ccccc1Br. The fraction of sp³-hybridized carbons (Fsp3) is 0.250. The first kappa shape index (κ1) is 10.5. The Morgan fingerprint density at radius 3 is 2.38 bits per heavy atom. The molecule has 0 bridgehead atoms. The Kier molecular flexibility index (Phi) is 3.33. The molecule has 1 nitrogen and oxygen atoms in total. The number of halogens is 4. The lowest BCUT2D eigenvalue weighted by Gasteiger charge is -2.08. The normalized spacial score (nSPS) is 11.7. The lowest BCUT2D eigenvalue weighted by molar-refractivity contribution is -0.330. The third-order valence-electron chi connectivity index (χ3n) is 1.35. The van der Waals surface area contributed by atoms with E-state index in [9.17, 15) is 13.2 Å². The van der Waals surface area contributed by atoms with E-state index in [1.807, 2.05) is 0 Å². The van der Waals surface area contributed by atoms with Crippen molar-refractivity contribution in [3.8, 4) is 0 Å². The van der Waals surface area contributed by atoms with Gasteiger partial charge in [0.25, 0.3) is 0 Å². The molecule has 0 saturated carbocycles. The Morgan fingerprint density at radius 2 is 1.85 bits per heavy atom. The van der Waals surface area contributed by atoms with Crippen LogP contribution in [0.25, 0.3) is 0 Å². The first-order valence-electron chi connectivity index (χ1n) is 3.43. The second kappa shape index (κ2) is 4.11. The molecule has 1 aromatic rings. The number of ether oxygens (including phenoxy) is 1. The van der Waals surface area contributed by atoms with Gasteiger partial charge in [-0.25, -0.2) is 0 Å². The Balaban J connectivity index is 2.60. The molecule has 0 N–H and O–H groups in total. The van der Waals surface area contributed by atoms with Crippen molar-refractivity contribution in [1.82, 2.24) is 0 Å². The van der Waals surface area contributed by atoms with Gasteiger partial charge in [0.05, 0.1) is 6.61 Å². The van der Waals surface area contributed by atoms with Crippen LogP contribution in [0.1, 0.15) is 5.56 Å². The first-order chi connectivity index (χ1) is 5.99. The summed E-state index contributed by atoms with van der Waals surface area (Å²) in [7, 11) is 0. The highest BCUT2D eigenvalue weighted by molar-refractivity contribution is 9.10. The third kappa shape index (κ3) is 3.78. The summed E-state index contributed by atoms with van der Waals surface area (Å²) in [6.45, 7) is -0.467. The molecule has 0 saturated heterocycles. The molecule has 0 aliphatic rings. The predicted octanol–water partition coefficient (Wildman–Crippen LogP) is 3.49. The minimum atomic E-state index is -4.57. The second-order valence-corrected chi connectivity index (χ2v) is 3.18. The third-order valence-corrected chi connectivity index (χ3v) is 2.12. The summed E-state index contributed by atoms with van der Waals surface area (Å²) in [5, 5.41) is 0. The second-order valence-electron chi connectivity index (χ2n) is 2.33. The standard InChI is InChI=1S/C8H6BrF3O/c9-7-4-2-1-3-6(7)5-13-8(10,11)12/h1-4H,5H2. The van der Waals surface area contributed by atoms with Crippen LogP contribution in [0.2, 0.25) is 0 Å². The smallest absolute Gasteiger partial charge is 0.287 e. The Hall–Kier alpha value is -0.550. The summed E-state index contributed by atoms with van der Waals surface area (Å²) in [6, 6.07) is 6.60. The average molecular weight is 255 g/mol. The maximum Gasteiger partial charge on any atom is 0.522 e. The monoisotopic (exact) mass is 254 g/mol. The van der Waals surface area contributed by atoms with E-state index in [1.165, 1.54) is 0 Å². The van der Waals surface area contributed by atoms with Crippen LogP contribution in [0.3, 0.4) is 0 Å². The zero-order valence-electron chi connectivity index (χ0n) is 6.44. The molecule has 5 heteroatoms. The zero-order valence-corrected chi connectivity index (χ0v) is 8.02. The van der Waals surface area contributed by atoms with Gasteiger partial charge in [0.15, 0.2) is 0 Å². The molecule has 0 radical (unpaired) electrons. The van der Waals surface area contributed by atoms with Crippen molar-refractivity contribution in [3.05, 3.63) is 34.3 Å². The summed E-state index contributed by atoms with van der Waals surface area (Å²) in [6.07, 6.45) is -4.57. The van der Waals surface area contributed by atoms with Crippen molar-refractivity contribution in [2.24, 2.45) is 0 Å². The van der Waals surface area contributed by atoms with Crippen LogP contribution in [0.4, 0.5) is 13.2 Å². The van der Waals surface area contributed by atoms with E-state index in [0.29, 0.717) is 10.0 Å². The Morgan fingerprint density at radius 1 is 1.23 bits per heavy atom. The highest BCUT2D eigenvalue weighted by Crippen LogP contribution is 2.22. The summed E-state index contributed by atoms with van der Waals surface area (Å²) in [4.78, 5) is 0. The molecular formula is C8H6BrF3O. The van der Waals surface area contributed by atoms with Gasteiger partial charge in [0.1, 0.15) is 0 Å². The van der Waals surface area contributed by atoms with Crippen molar-refractivity contribution >= 4 is 15.9 Å². The predicted molar refractivity (Wildman–Crippen MR) is 45.0 cm³/mol. The van der Waals surface area contributed by atoms with Gasteiger partial charge in [-0.15, -0.1) is 13.2 Å². The molecular weight excluding hydrogens is 249 g/mol. The van der Waals surface area contributed by atoms with Crippen molar-refractivity contribution in [2.45, 2.75) is 13.0 Å². The molecule has 13 heavy (non-hydrogen) atoms. The lowest BCUT2D eigenvalue weighted by Crippen LogP contribution is -2.12. The van der Waals surface area contributed by atoms with Gasteiger partial charge in [-0.05, 0) is 11.6 Å². The highest BCUT2D eigenvalue weighted by atomic mass is 79.9. The van der Waals surface area contributed by atoms with Crippen LogP contribution in [0, 0.1) is 0 Å². The van der Waals surface area contributed by atoms with E-state index >= 15 is 0 Å². The molecule has 0 heterocycles. The zero-order chi connectivity index (χ0) is 9.90. The molecule has 0 amide bonds. The molecule has 72 valence electrons. The molecule has 0 aromatic heterocycles. The summed E-state index contributed by atoms with van der Waals surface area (Å²) >= 11 is 3.12. The van der Waals surface area contributed by atoms with Gasteiger partial charge >= 0.3 is 6.36 Å². The van der Waals surface area contributed by atoms with E-state index in [1.54, 1.807) is 24.3 Å². The van der Waals surface area contributed by atoms with Crippen LogP contribution in [0.5, 0.6) is 0 Å². The summed E-state index contributed by atoms with van der Waals surface area (Å²) < 4.78 is 39.2. The number of hydrogen-bond donors (Lipinski definition) is 0. The molecule has 0 aliphatic heterocycles. The Labute approximate surface area is 81.6 Å². The first-order valence-corrected chi connectivity index (χ1v) is 4.22. The minimum absolute atomic E-state index is 0.467. The van der Waals surface area contributed by atoms with Crippen molar-refractivity contribution in [2.75, 3.05) is 0 Å².